The van der Waals surface area contributed by atoms with E-state index in [2.05, 4.69) is 25.9 Å². The Morgan fingerprint density at radius 1 is 1.05 bits per heavy atom. The lowest BCUT2D eigenvalue weighted by molar-refractivity contribution is -0.121. The number of fused-ring (bicyclic) bond motifs is 1. The number of rotatable bonds is 14. The Bertz CT molecular complexity index is 1750. The van der Waals surface area contributed by atoms with E-state index < -0.39 is 0 Å². The predicted octanol–water partition coefficient (Wildman–Crippen LogP) is 7.02. The molecule has 0 saturated heterocycles. The van der Waals surface area contributed by atoms with Gasteiger partial charge < -0.3 is 29.8 Å². The third-order valence-corrected chi connectivity index (χ3v) is 7.09. The number of aromatic nitrogens is 2. The number of carbonyl (C=O) groups is 1. The summed E-state index contributed by atoms with van der Waals surface area (Å²) in [5.41, 5.74) is 2.84. The quantitative estimate of drug-likeness (QED) is 0.114. The van der Waals surface area contributed by atoms with Gasteiger partial charge in [0, 0.05) is 30.1 Å². The first-order valence-corrected chi connectivity index (χ1v) is 14.6. The second-order valence-corrected chi connectivity index (χ2v) is 10.4. The number of amides is 1. The Hall–Kier alpha value is -4.67. The Morgan fingerprint density at radius 3 is 2.73 bits per heavy atom. The minimum atomic E-state index is -0.319. The van der Waals surface area contributed by atoms with Gasteiger partial charge in [-0.3, -0.25) is 4.79 Å². The summed E-state index contributed by atoms with van der Waals surface area (Å²) in [4.78, 5) is 20.5. The van der Waals surface area contributed by atoms with Gasteiger partial charge in [-0.1, -0.05) is 23.7 Å². The van der Waals surface area contributed by atoms with Crippen LogP contribution in [0.15, 0.2) is 77.5 Å². The largest absolute Gasteiger partial charge is 0.496 e. The van der Waals surface area contributed by atoms with E-state index >= 15 is 0 Å². The van der Waals surface area contributed by atoms with Crippen LogP contribution >= 0.6 is 11.6 Å². The highest BCUT2D eigenvalue weighted by Crippen LogP contribution is 2.37. The van der Waals surface area contributed by atoms with Crippen molar-refractivity contribution in [1.82, 2.24) is 20.6 Å². The number of ether oxygens (including phenoxy) is 2. The molecule has 0 unspecified atom stereocenters. The first kappa shape index (κ1) is 30.8. The minimum Gasteiger partial charge on any atom is -0.496 e. The van der Waals surface area contributed by atoms with Gasteiger partial charge in [0.2, 0.25) is 5.91 Å². The first-order valence-electron chi connectivity index (χ1n) is 14.3. The molecule has 0 bridgehead atoms. The molecule has 0 spiro atoms. The van der Waals surface area contributed by atoms with E-state index in [1.165, 1.54) is 18.5 Å². The Morgan fingerprint density at radius 2 is 1.93 bits per heavy atom. The van der Waals surface area contributed by atoms with Crippen LogP contribution in [0.2, 0.25) is 5.02 Å². The van der Waals surface area contributed by atoms with Crippen LogP contribution in [0.4, 0.5) is 15.9 Å². The average molecular weight is 618 g/mol. The number of halogens is 2. The van der Waals surface area contributed by atoms with E-state index in [4.69, 9.17) is 25.5 Å². The number of nitrogens with one attached hydrogen (secondary N) is 3. The molecule has 0 radical (unpaired) electrons. The van der Waals surface area contributed by atoms with Gasteiger partial charge in [-0.25, -0.2) is 14.4 Å². The molecule has 3 N–H and O–H groups in total. The van der Waals surface area contributed by atoms with Crippen molar-refractivity contribution in [2.45, 2.75) is 32.9 Å². The van der Waals surface area contributed by atoms with Crippen LogP contribution in [0.1, 0.15) is 31.1 Å². The number of benzene rings is 3. The number of hydrogen-bond donors (Lipinski definition) is 3. The predicted molar refractivity (Wildman–Crippen MR) is 169 cm³/mol. The lowest BCUT2D eigenvalue weighted by atomic mass is 10.1. The van der Waals surface area contributed by atoms with Gasteiger partial charge in [-0.2, -0.15) is 0 Å². The van der Waals surface area contributed by atoms with Crippen molar-refractivity contribution in [2.75, 3.05) is 25.5 Å². The second kappa shape index (κ2) is 14.7. The number of nitrogens with zero attached hydrogens (tertiary/aromatic N) is 2. The average Bonchev–Trinajstić information content (AvgIpc) is 3.49. The standard InChI is InChI=1S/C33H33ClFN5O4/c1-3-37-32(41)8-5-13-36-18-24-10-12-29(44-24)26-16-25-28(17-31(26)42-2)38-20-39-33(25)40-23-9-11-30(27(34)15-23)43-19-21-6-4-7-22(35)14-21/h4,6-7,9-12,14-17,20,36H,3,5,8,13,18-19H2,1-2H3,(H,37,41)(H,38,39,40). The van der Waals surface area contributed by atoms with Crippen LogP contribution in [0.25, 0.3) is 22.2 Å². The molecule has 0 saturated carbocycles. The third kappa shape index (κ3) is 7.83. The molecule has 0 aliphatic heterocycles. The molecule has 9 nitrogen and oxygen atoms in total. The number of methoxy groups -OCH3 is 1. The molecule has 2 heterocycles. The smallest absolute Gasteiger partial charge is 0.220 e. The molecular weight excluding hydrogens is 585 g/mol. The van der Waals surface area contributed by atoms with Crippen LogP contribution in [0, 0.1) is 5.82 Å². The monoisotopic (exact) mass is 617 g/mol. The second-order valence-electron chi connectivity index (χ2n) is 9.98. The highest BCUT2D eigenvalue weighted by molar-refractivity contribution is 6.32. The van der Waals surface area contributed by atoms with Gasteiger partial charge in [0.25, 0.3) is 0 Å². The molecule has 5 rings (SSSR count). The maximum Gasteiger partial charge on any atom is 0.220 e. The van der Waals surface area contributed by atoms with Crippen LogP contribution in [-0.2, 0) is 17.9 Å². The van der Waals surface area contributed by atoms with Crippen molar-refractivity contribution in [3.05, 3.63) is 95.2 Å². The SMILES string of the molecule is CCNC(=O)CCCNCc1ccc(-c2cc3c(Nc4ccc(OCc5cccc(F)c5)c(Cl)c4)ncnc3cc2OC)o1. The maximum absolute atomic E-state index is 13.5. The molecule has 44 heavy (non-hydrogen) atoms. The van der Waals surface area contributed by atoms with Crippen molar-refractivity contribution in [2.24, 2.45) is 0 Å². The third-order valence-electron chi connectivity index (χ3n) is 6.79. The fourth-order valence-corrected chi connectivity index (χ4v) is 4.89. The number of hydrogen-bond acceptors (Lipinski definition) is 8. The van der Waals surface area contributed by atoms with Gasteiger partial charge in [-0.05, 0) is 74.0 Å². The van der Waals surface area contributed by atoms with Crippen molar-refractivity contribution in [3.63, 3.8) is 0 Å². The topological polar surface area (TPSA) is 111 Å². The summed E-state index contributed by atoms with van der Waals surface area (Å²) < 4.78 is 31.1. The van der Waals surface area contributed by atoms with E-state index in [9.17, 15) is 9.18 Å². The van der Waals surface area contributed by atoms with Crippen LogP contribution in [0.3, 0.4) is 0 Å². The fraction of sp³-hybridized carbons (Fsp3) is 0.242. The van der Waals surface area contributed by atoms with E-state index in [1.54, 1.807) is 31.4 Å². The van der Waals surface area contributed by atoms with Gasteiger partial charge >= 0.3 is 0 Å². The normalized spacial score (nSPS) is 11.0. The Balaban J connectivity index is 1.29. The highest BCUT2D eigenvalue weighted by Gasteiger charge is 2.16. The molecule has 0 aliphatic carbocycles. The van der Waals surface area contributed by atoms with E-state index in [0.29, 0.717) is 70.9 Å². The lowest BCUT2D eigenvalue weighted by Gasteiger charge is -2.13. The molecular formula is C33H33ClFN5O4. The number of carbonyl (C=O) groups excluding carboxylic acids is 1. The number of anilines is 2. The zero-order valence-corrected chi connectivity index (χ0v) is 25.2. The van der Waals surface area contributed by atoms with E-state index in [0.717, 1.165) is 23.1 Å². The Labute approximate surface area is 259 Å². The van der Waals surface area contributed by atoms with Crippen LogP contribution < -0.4 is 25.4 Å². The zero-order chi connectivity index (χ0) is 30.9. The molecule has 0 atom stereocenters. The van der Waals surface area contributed by atoms with Gasteiger partial charge in [-0.15, -0.1) is 0 Å². The molecule has 2 aromatic heterocycles. The lowest BCUT2D eigenvalue weighted by Crippen LogP contribution is -2.24. The first-order chi connectivity index (χ1) is 21.4. The Kier molecular flexibility index (Phi) is 10.3. The van der Waals surface area contributed by atoms with E-state index in [1.807, 2.05) is 37.3 Å². The summed E-state index contributed by atoms with van der Waals surface area (Å²) in [7, 11) is 1.60. The fourth-order valence-electron chi connectivity index (χ4n) is 4.65. The molecule has 1 amide bonds. The van der Waals surface area contributed by atoms with E-state index in [-0.39, 0.29) is 18.3 Å². The molecule has 0 fully saturated rings. The summed E-state index contributed by atoms with van der Waals surface area (Å²) in [6.45, 7) is 3.96. The molecule has 11 heteroatoms. The highest BCUT2D eigenvalue weighted by atomic mass is 35.5. The van der Waals surface area contributed by atoms with Crippen molar-refractivity contribution in [3.8, 4) is 22.8 Å². The van der Waals surface area contributed by atoms with Crippen LogP contribution in [0.5, 0.6) is 11.5 Å². The molecule has 3 aromatic carbocycles. The zero-order valence-electron chi connectivity index (χ0n) is 24.5. The summed E-state index contributed by atoms with van der Waals surface area (Å²) in [6.07, 6.45) is 2.70. The molecule has 228 valence electrons. The minimum absolute atomic E-state index is 0.0580. The molecule has 5 aromatic rings. The summed E-state index contributed by atoms with van der Waals surface area (Å²) in [6, 6.07) is 19.1. The van der Waals surface area contributed by atoms with Gasteiger partial charge in [0.1, 0.15) is 47.6 Å². The van der Waals surface area contributed by atoms with Crippen molar-refractivity contribution >= 4 is 39.9 Å². The van der Waals surface area contributed by atoms with Gasteiger partial charge in [0.05, 0.1) is 29.8 Å². The summed E-state index contributed by atoms with van der Waals surface area (Å²) in [5, 5.41) is 10.6. The molecule has 0 aliphatic rings. The summed E-state index contributed by atoms with van der Waals surface area (Å²) >= 11 is 6.52. The summed E-state index contributed by atoms with van der Waals surface area (Å²) in [5.74, 6) is 2.80. The van der Waals surface area contributed by atoms with Crippen LogP contribution in [-0.4, -0.2) is 36.1 Å². The van der Waals surface area contributed by atoms with Gasteiger partial charge in [0.15, 0.2) is 0 Å². The van der Waals surface area contributed by atoms with Crippen molar-refractivity contribution < 1.29 is 23.1 Å². The number of furan rings is 1. The maximum atomic E-state index is 13.5. The van der Waals surface area contributed by atoms with Crippen molar-refractivity contribution in [1.29, 1.82) is 0 Å².